The molecule has 2 aromatic rings. The van der Waals surface area contributed by atoms with Crippen molar-refractivity contribution in [3.8, 4) is 0 Å². The average molecular weight is 383 g/mol. The zero-order chi connectivity index (χ0) is 19.8. The minimum atomic E-state index is -0.252. The highest BCUT2D eigenvalue weighted by molar-refractivity contribution is 6.02. The fourth-order valence-electron chi connectivity index (χ4n) is 3.14. The Balaban J connectivity index is 1.51. The second-order valence-corrected chi connectivity index (χ2v) is 7.21. The number of nitrogens with zero attached hydrogens (tertiary/aromatic N) is 4. The molecule has 7 nitrogen and oxygen atoms in total. The van der Waals surface area contributed by atoms with Crippen LogP contribution in [0.5, 0.6) is 0 Å². The molecule has 0 unspecified atom stereocenters. The van der Waals surface area contributed by atoms with Gasteiger partial charge in [0.1, 0.15) is 11.5 Å². The van der Waals surface area contributed by atoms with Gasteiger partial charge in [0, 0.05) is 44.1 Å². The lowest BCUT2D eigenvalue weighted by Gasteiger charge is -2.34. The molecule has 0 bridgehead atoms. The molecule has 2 N–H and O–H groups in total. The van der Waals surface area contributed by atoms with E-state index in [0.29, 0.717) is 11.5 Å². The highest BCUT2D eigenvalue weighted by Crippen LogP contribution is 2.19. The van der Waals surface area contributed by atoms with Crippen molar-refractivity contribution < 1.29 is 4.79 Å². The maximum Gasteiger partial charge on any atom is 0.275 e. The number of aromatic nitrogens is 2. The first-order valence-electron chi connectivity index (χ1n) is 10.1. The maximum atomic E-state index is 12.4. The predicted octanol–water partition coefficient (Wildman–Crippen LogP) is 3.08. The molecule has 0 spiro atoms. The number of piperazine rings is 1. The van der Waals surface area contributed by atoms with Crippen molar-refractivity contribution in [3.63, 3.8) is 0 Å². The lowest BCUT2D eigenvalue weighted by Crippen LogP contribution is -2.44. The summed E-state index contributed by atoms with van der Waals surface area (Å²) in [6, 6.07) is 7.97. The number of unbranched alkanes of at least 4 members (excludes halogenated alkanes) is 2. The van der Waals surface area contributed by atoms with Gasteiger partial charge in [0.15, 0.2) is 0 Å². The largest absolute Gasteiger partial charge is 0.369 e. The lowest BCUT2D eigenvalue weighted by atomic mass is 10.2. The topological polar surface area (TPSA) is 73.4 Å². The van der Waals surface area contributed by atoms with E-state index in [-0.39, 0.29) is 5.91 Å². The molecule has 150 valence electrons. The highest BCUT2D eigenvalue weighted by Gasteiger charge is 2.14. The van der Waals surface area contributed by atoms with E-state index >= 15 is 0 Å². The van der Waals surface area contributed by atoms with E-state index in [2.05, 4.69) is 56.5 Å². The maximum absolute atomic E-state index is 12.4. The number of amides is 1. The molecule has 3 rings (SSSR count). The Kier molecular flexibility index (Phi) is 7.19. The van der Waals surface area contributed by atoms with Crippen molar-refractivity contribution in [3.05, 3.63) is 42.4 Å². The van der Waals surface area contributed by atoms with Crippen LogP contribution in [0.25, 0.3) is 0 Å². The summed E-state index contributed by atoms with van der Waals surface area (Å²) in [7, 11) is 2.15. The molecule has 28 heavy (non-hydrogen) atoms. The van der Waals surface area contributed by atoms with Crippen LogP contribution in [0.1, 0.15) is 36.7 Å². The molecule has 1 amide bonds. The number of benzene rings is 1. The van der Waals surface area contributed by atoms with Crippen LogP contribution < -0.4 is 15.5 Å². The van der Waals surface area contributed by atoms with Crippen molar-refractivity contribution in [2.45, 2.75) is 26.2 Å². The van der Waals surface area contributed by atoms with E-state index in [0.717, 1.165) is 44.8 Å². The summed E-state index contributed by atoms with van der Waals surface area (Å²) in [6.07, 6.45) is 6.59. The average Bonchev–Trinajstić information content (AvgIpc) is 2.73. The number of hydrogen-bond donors (Lipinski definition) is 2. The molecule has 1 aliphatic rings. The van der Waals surface area contributed by atoms with E-state index in [1.54, 1.807) is 6.20 Å². The van der Waals surface area contributed by atoms with Crippen LogP contribution in [-0.4, -0.2) is 60.5 Å². The molecule has 0 aliphatic carbocycles. The SMILES string of the molecule is CCCCCNc1cnc(C(=O)Nc2ccc(N3CCN(C)CC3)cc2)cn1. The van der Waals surface area contributed by atoms with Gasteiger partial charge < -0.3 is 20.4 Å². The van der Waals surface area contributed by atoms with Crippen LogP contribution in [0.15, 0.2) is 36.7 Å². The van der Waals surface area contributed by atoms with Gasteiger partial charge in [0.2, 0.25) is 0 Å². The standard InChI is InChI=1S/C21H30N6O/c1-3-4-5-10-22-20-16-23-19(15-24-20)21(28)25-17-6-8-18(9-7-17)27-13-11-26(2)12-14-27/h6-9,15-16H,3-5,10-14H2,1-2H3,(H,22,24)(H,25,28). The Morgan fingerprint density at radius 3 is 2.43 bits per heavy atom. The molecule has 1 saturated heterocycles. The predicted molar refractivity (Wildman–Crippen MR) is 114 cm³/mol. The Hall–Kier alpha value is -2.67. The summed E-state index contributed by atoms with van der Waals surface area (Å²) in [5, 5.41) is 6.11. The number of rotatable bonds is 8. The summed E-state index contributed by atoms with van der Waals surface area (Å²) in [4.78, 5) is 25.6. The number of hydrogen-bond acceptors (Lipinski definition) is 6. The van der Waals surface area contributed by atoms with E-state index in [9.17, 15) is 4.79 Å². The number of nitrogens with one attached hydrogen (secondary N) is 2. The molecule has 1 aliphatic heterocycles. The van der Waals surface area contributed by atoms with Gasteiger partial charge in [-0.2, -0.15) is 0 Å². The van der Waals surface area contributed by atoms with Gasteiger partial charge in [-0.1, -0.05) is 19.8 Å². The molecule has 2 heterocycles. The Labute approximate surface area is 167 Å². The van der Waals surface area contributed by atoms with Gasteiger partial charge in [-0.05, 0) is 37.7 Å². The van der Waals surface area contributed by atoms with Crippen LogP contribution >= 0.6 is 0 Å². The summed E-state index contributed by atoms with van der Waals surface area (Å²) < 4.78 is 0. The second kappa shape index (κ2) is 10.0. The Bertz CT molecular complexity index is 738. The van der Waals surface area contributed by atoms with E-state index in [4.69, 9.17) is 0 Å². The first-order chi connectivity index (χ1) is 13.7. The van der Waals surface area contributed by atoms with Crippen LogP contribution in [0.3, 0.4) is 0 Å². The smallest absolute Gasteiger partial charge is 0.275 e. The van der Waals surface area contributed by atoms with Crippen molar-refractivity contribution >= 4 is 23.1 Å². The van der Waals surface area contributed by atoms with E-state index < -0.39 is 0 Å². The Morgan fingerprint density at radius 1 is 1.04 bits per heavy atom. The first kappa shape index (κ1) is 20.1. The van der Waals surface area contributed by atoms with Gasteiger partial charge in [-0.25, -0.2) is 9.97 Å². The monoisotopic (exact) mass is 382 g/mol. The van der Waals surface area contributed by atoms with Gasteiger partial charge in [-0.15, -0.1) is 0 Å². The summed E-state index contributed by atoms with van der Waals surface area (Å²) >= 11 is 0. The van der Waals surface area contributed by atoms with Gasteiger partial charge in [-0.3, -0.25) is 4.79 Å². The molecule has 7 heteroatoms. The van der Waals surface area contributed by atoms with Crippen molar-refractivity contribution in [1.82, 2.24) is 14.9 Å². The summed E-state index contributed by atoms with van der Waals surface area (Å²) in [6.45, 7) is 7.23. The van der Waals surface area contributed by atoms with E-state index in [1.807, 2.05) is 12.1 Å². The Morgan fingerprint density at radius 2 is 1.79 bits per heavy atom. The fraction of sp³-hybridized carbons (Fsp3) is 0.476. The minimum Gasteiger partial charge on any atom is -0.369 e. The van der Waals surface area contributed by atoms with Crippen molar-refractivity contribution in [2.24, 2.45) is 0 Å². The molecule has 0 atom stereocenters. The zero-order valence-electron chi connectivity index (χ0n) is 16.8. The number of anilines is 3. The first-order valence-corrected chi connectivity index (χ1v) is 10.1. The third-order valence-corrected chi connectivity index (χ3v) is 4.96. The number of carbonyl (C=O) groups is 1. The zero-order valence-corrected chi connectivity index (χ0v) is 16.8. The van der Waals surface area contributed by atoms with Crippen LogP contribution in [0.2, 0.25) is 0 Å². The third kappa shape index (κ3) is 5.66. The molecule has 1 fully saturated rings. The van der Waals surface area contributed by atoms with Crippen molar-refractivity contribution in [2.75, 3.05) is 55.3 Å². The molecule has 0 saturated carbocycles. The summed E-state index contributed by atoms with van der Waals surface area (Å²) in [5.74, 6) is 0.446. The lowest BCUT2D eigenvalue weighted by molar-refractivity contribution is 0.102. The minimum absolute atomic E-state index is 0.252. The van der Waals surface area contributed by atoms with Gasteiger partial charge in [0.25, 0.3) is 5.91 Å². The molecular weight excluding hydrogens is 352 g/mol. The number of carbonyl (C=O) groups excluding carboxylic acids is 1. The van der Waals surface area contributed by atoms with Crippen LogP contribution in [0, 0.1) is 0 Å². The molecule has 0 radical (unpaired) electrons. The molecule has 1 aromatic carbocycles. The second-order valence-electron chi connectivity index (χ2n) is 7.21. The van der Waals surface area contributed by atoms with Crippen LogP contribution in [-0.2, 0) is 0 Å². The highest BCUT2D eigenvalue weighted by atomic mass is 16.1. The third-order valence-electron chi connectivity index (χ3n) is 4.96. The summed E-state index contributed by atoms with van der Waals surface area (Å²) in [5.41, 5.74) is 2.25. The van der Waals surface area contributed by atoms with Crippen molar-refractivity contribution in [1.29, 1.82) is 0 Å². The number of likely N-dealkylation sites (N-methyl/N-ethyl adjacent to an activating group) is 1. The molecule has 1 aromatic heterocycles. The van der Waals surface area contributed by atoms with E-state index in [1.165, 1.54) is 24.7 Å². The normalized spacial score (nSPS) is 14.7. The quantitative estimate of drug-likeness (QED) is 0.684. The van der Waals surface area contributed by atoms with Crippen LogP contribution in [0.4, 0.5) is 17.2 Å². The van der Waals surface area contributed by atoms with Gasteiger partial charge >= 0.3 is 0 Å². The van der Waals surface area contributed by atoms with Gasteiger partial charge in [0.05, 0.1) is 12.4 Å². The molecular formula is C21H30N6O. The fourth-order valence-corrected chi connectivity index (χ4v) is 3.14.